The fourth-order valence-corrected chi connectivity index (χ4v) is 3.78. The van der Waals surface area contributed by atoms with Gasteiger partial charge in [0.1, 0.15) is 23.9 Å². The predicted octanol–water partition coefficient (Wildman–Crippen LogP) is -0.835. The average molecular weight is 544 g/mol. The van der Waals surface area contributed by atoms with Crippen molar-refractivity contribution in [3.8, 4) is 5.75 Å². The molecule has 0 saturated carbocycles. The van der Waals surface area contributed by atoms with Crippen LogP contribution in [0.5, 0.6) is 5.75 Å². The van der Waals surface area contributed by atoms with Crippen molar-refractivity contribution in [1.82, 2.24) is 16.0 Å². The van der Waals surface area contributed by atoms with Crippen LogP contribution < -0.4 is 27.4 Å². The van der Waals surface area contributed by atoms with Crippen LogP contribution in [0.4, 0.5) is 0 Å². The number of phenolic OH excluding ortho intramolecular Hbond substituents is 1. The van der Waals surface area contributed by atoms with Gasteiger partial charge in [0.15, 0.2) is 0 Å². The molecule has 2 aromatic carbocycles. The number of aromatic hydroxyl groups is 1. The summed E-state index contributed by atoms with van der Waals surface area (Å²) in [6.45, 7) is -0.355. The lowest BCUT2D eigenvalue weighted by atomic mass is 10.0. The topological polar surface area (TPSA) is 217 Å². The van der Waals surface area contributed by atoms with Crippen LogP contribution in [0.1, 0.15) is 30.4 Å². The minimum absolute atomic E-state index is 0.00109. The molecule has 0 spiro atoms. The molecular weight excluding hydrogens is 506 g/mol. The van der Waals surface area contributed by atoms with Gasteiger partial charge in [-0.2, -0.15) is 0 Å². The molecule has 12 nitrogen and oxygen atoms in total. The summed E-state index contributed by atoms with van der Waals surface area (Å²) in [4.78, 5) is 50.4. The van der Waals surface area contributed by atoms with E-state index in [0.717, 1.165) is 0 Å². The van der Waals surface area contributed by atoms with E-state index in [-0.39, 0.29) is 18.6 Å². The number of hydrogen-bond acceptors (Lipinski definition) is 8. The summed E-state index contributed by atoms with van der Waals surface area (Å²) in [6, 6.07) is 9.81. The lowest BCUT2D eigenvalue weighted by Crippen LogP contribution is -2.58. The van der Waals surface area contributed by atoms with Crippen LogP contribution in [-0.4, -0.2) is 76.3 Å². The number of aliphatic hydroxyl groups excluding tert-OH is 1. The Balaban J connectivity index is 2.12. The van der Waals surface area contributed by atoms with Gasteiger partial charge in [0, 0.05) is 12.8 Å². The third kappa shape index (κ3) is 10.7. The van der Waals surface area contributed by atoms with Crippen molar-refractivity contribution in [3.63, 3.8) is 0 Å². The second-order valence-electron chi connectivity index (χ2n) is 9.16. The zero-order valence-corrected chi connectivity index (χ0v) is 21.6. The van der Waals surface area contributed by atoms with Gasteiger partial charge in [-0.3, -0.25) is 14.4 Å². The number of carbonyl (C=O) groups excluding carboxylic acids is 3. The molecule has 212 valence electrons. The van der Waals surface area contributed by atoms with E-state index in [2.05, 4.69) is 16.0 Å². The molecule has 2 rings (SSSR count). The lowest BCUT2D eigenvalue weighted by Gasteiger charge is -2.24. The SMILES string of the molecule is NCCCCC(N)C(=O)NC(Cc1ccc(O)cc1)C(=O)NC(CO)C(=O)NC(Cc1ccccc1)C(=O)O. The molecule has 12 heteroatoms. The molecule has 0 aliphatic heterocycles. The number of carboxylic acids is 1. The summed E-state index contributed by atoms with van der Waals surface area (Å²) in [6.07, 6.45) is 1.67. The number of benzene rings is 2. The highest BCUT2D eigenvalue weighted by Gasteiger charge is 2.30. The molecule has 10 N–H and O–H groups in total. The highest BCUT2D eigenvalue weighted by Crippen LogP contribution is 2.12. The van der Waals surface area contributed by atoms with Gasteiger partial charge < -0.3 is 42.7 Å². The first kappa shape index (κ1) is 31.2. The fraction of sp³-hybridized carbons (Fsp3) is 0.407. The Morgan fingerprint density at radius 1 is 0.744 bits per heavy atom. The number of phenols is 1. The van der Waals surface area contributed by atoms with Crippen LogP contribution in [0.15, 0.2) is 54.6 Å². The normalized spacial score (nSPS) is 13.9. The molecule has 2 aromatic rings. The molecule has 0 aromatic heterocycles. The molecule has 3 amide bonds. The third-order valence-electron chi connectivity index (χ3n) is 6.03. The summed E-state index contributed by atoms with van der Waals surface area (Å²) in [5, 5.41) is 36.3. The highest BCUT2D eigenvalue weighted by atomic mass is 16.4. The number of amides is 3. The molecule has 0 fully saturated rings. The minimum atomic E-state index is -1.48. The van der Waals surface area contributed by atoms with Crippen molar-refractivity contribution in [2.45, 2.75) is 56.3 Å². The molecule has 0 radical (unpaired) electrons. The van der Waals surface area contributed by atoms with E-state index in [9.17, 15) is 34.5 Å². The standard InChI is InChI=1S/C27H37N5O7/c28-13-5-4-8-20(29)24(35)30-21(14-18-9-11-19(34)12-10-18)25(36)32-23(16-33)26(37)31-22(27(38)39)15-17-6-2-1-3-7-17/h1-3,6-7,9-12,20-23,33-34H,4-5,8,13-16,28-29H2,(H,30,35)(H,31,37)(H,32,36)(H,38,39). The van der Waals surface area contributed by atoms with Gasteiger partial charge in [-0.25, -0.2) is 4.79 Å². The van der Waals surface area contributed by atoms with Crippen molar-refractivity contribution in [2.24, 2.45) is 11.5 Å². The molecule has 39 heavy (non-hydrogen) atoms. The number of nitrogens with one attached hydrogen (secondary N) is 3. The number of carboxylic acid groups (broad SMARTS) is 1. The third-order valence-corrected chi connectivity index (χ3v) is 6.03. The Bertz CT molecular complexity index is 1080. The van der Waals surface area contributed by atoms with E-state index < -0.39 is 54.5 Å². The minimum Gasteiger partial charge on any atom is -0.508 e. The number of nitrogens with two attached hydrogens (primary N) is 2. The number of unbranched alkanes of at least 4 members (excludes halogenated alkanes) is 1. The molecule has 4 unspecified atom stereocenters. The van der Waals surface area contributed by atoms with Crippen LogP contribution in [0.2, 0.25) is 0 Å². The molecule has 4 atom stereocenters. The van der Waals surface area contributed by atoms with E-state index >= 15 is 0 Å². The first-order valence-corrected chi connectivity index (χ1v) is 12.7. The Labute approximate surface area is 226 Å². The van der Waals surface area contributed by atoms with E-state index in [0.29, 0.717) is 36.9 Å². The Kier molecular flexibility index (Phi) is 12.9. The molecule has 0 aliphatic rings. The number of aliphatic hydroxyl groups is 1. The lowest BCUT2D eigenvalue weighted by molar-refractivity contribution is -0.142. The molecular formula is C27H37N5O7. The maximum absolute atomic E-state index is 13.2. The van der Waals surface area contributed by atoms with E-state index in [4.69, 9.17) is 11.5 Å². The van der Waals surface area contributed by atoms with Gasteiger partial charge in [0.2, 0.25) is 17.7 Å². The monoisotopic (exact) mass is 543 g/mol. The van der Waals surface area contributed by atoms with E-state index in [1.165, 1.54) is 12.1 Å². The maximum Gasteiger partial charge on any atom is 0.326 e. The van der Waals surface area contributed by atoms with Crippen LogP contribution in [0.3, 0.4) is 0 Å². The van der Waals surface area contributed by atoms with Gasteiger partial charge in [0.25, 0.3) is 0 Å². The van der Waals surface area contributed by atoms with Crippen LogP contribution in [-0.2, 0) is 32.0 Å². The van der Waals surface area contributed by atoms with Gasteiger partial charge in [0.05, 0.1) is 12.6 Å². The van der Waals surface area contributed by atoms with Gasteiger partial charge in [-0.15, -0.1) is 0 Å². The number of carbonyl (C=O) groups is 4. The van der Waals surface area contributed by atoms with Crippen LogP contribution >= 0.6 is 0 Å². The van der Waals surface area contributed by atoms with Gasteiger partial charge >= 0.3 is 5.97 Å². The van der Waals surface area contributed by atoms with Crippen molar-refractivity contribution in [2.75, 3.05) is 13.2 Å². The second kappa shape index (κ2) is 16.1. The zero-order valence-electron chi connectivity index (χ0n) is 21.6. The van der Waals surface area contributed by atoms with Crippen LogP contribution in [0.25, 0.3) is 0 Å². The van der Waals surface area contributed by atoms with E-state index in [1.54, 1.807) is 42.5 Å². The van der Waals surface area contributed by atoms with Gasteiger partial charge in [-0.1, -0.05) is 48.9 Å². The molecule has 0 heterocycles. The van der Waals surface area contributed by atoms with Crippen molar-refractivity contribution < 1.29 is 34.5 Å². The molecule has 0 saturated heterocycles. The number of aliphatic carboxylic acids is 1. The molecule has 0 aliphatic carbocycles. The summed E-state index contributed by atoms with van der Waals surface area (Å²) < 4.78 is 0. The summed E-state index contributed by atoms with van der Waals surface area (Å²) in [5.41, 5.74) is 12.7. The molecule has 0 bridgehead atoms. The predicted molar refractivity (Wildman–Crippen MR) is 143 cm³/mol. The largest absolute Gasteiger partial charge is 0.508 e. The number of hydrogen-bond donors (Lipinski definition) is 8. The first-order valence-electron chi connectivity index (χ1n) is 12.7. The second-order valence-corrected chi connectivity index (χ2v) is 9.16. The Morgan fingerprint density at radius 2 is 1.28 bits per heavy atom. The highest BCUT2D eigenvalue weighted by molar-refractivity contribution is 5.94. The van der Waals surface area contributed by atoms with Crippen LogP contribution in [0, 0.1) is 0 Å². The Hall–Kier alpha value is -4.00. The smallest absolute Gasteiger partial charge is 0.326 e. The first-order chi connectivity index (χ1) is 18.6. The quantitative estimate of drug-likeness (QED) is 0.124. The summed E-state index contributed by atoms with van der Waals surface area (Å²) in [5.74, 6) is -3.52. The van der Waals surface area contributed by atoms with Gasteiger partial charge in [-0.05, 0) is 42.6 Å². The summed E-state index contributed by atoms with van der Waals surface area (Å²) in [7, 11) is 0. The maximum atomic E-state index is 13.2. The van der Waals surface area contributed by atoms with Crippen molar-refractivity contribution in [1.29, 1.82) is 0 Å². The fourth-order valence-electron chi connectivity index (χ4n) is 3.78. The van der Waals surface area contributed by atoms with E-state index in [1.807, 2.05) is 0 Å². The average Bonchev–Trinajstić information content (AvgIpc) is 2.92. The number of rotatable bonds is 16. The summed E-state index contributed by atoms with van der Waals surface area (Å²) >= 11 is 0. The van der Waals surface area contributed by atoms with Crippen molar-refractivity contribution >= 4 is 23.7 Å². The van der Waals surface area contributed by atoms with Crippen molar-refractivity contribution in [3.05, 3.63) is 65.7 Å². The zero-order chi connectivity index (χ0) is 28.8. The Morgan fingerprint density at radius 3 is 1.87 bits per heavy atom.